The molecule has 1 aliphatic rings. The summed E-state index contributed by atoms with van der Waals surface area (Å²) < 4.78 is 0. The van der Waals surface area contributed by atoms with E-state index in [9.17, 15) is 10.1 Å². The number of rotatable bonds is 5. The maximum atomic E-state index is 10.7. The Morgan fingerprint density at radius 2 is 2.37 bits per heavy atom. The van der Waals surface area contributed by atoms with Crippen molar-refractivity contribution in [2.45, 2.75) is 31.7 Å². The first-order valence-corrected chi connectivity index (χ1v) is 6.42. The third-order valence-corrected chi connectivity index (χ3v) is 3.45. The number of nitro groups is 1. The number of nitrogen functional groups attached to an aromatic ring is 1. The molecule has 0 spiro atoms. The number of aliphatic hydroxyl groups is 1. The van der Waals surface area contributed by atoms with Gasteiger partial charge in [0, 0.05) is 25.3 Å². The van der Waals surface area contributed by atoms with Crippen LogP contribution in [-0.2, 0) is 0 Å². The molecule has 104 valence electrons. The van der Waals surface area contributed by atoms with E-state index in [0.29, 0.717) is 11.9 Å². The van der Waals surface area contributed by atoms with Crippen LogP contribution in [0.15, 0.2) is 12.1 Å². The highest BCUT2D eigenvalue weighted by atomic mass is 16.6. The molecule has 19 heavy (non-hydrogen) atoms. The molecule has 1 saturated heterocycles. The number of pyridine rings is 1. The molecule has 0 saturated carbocycles. The van der Waals surface area contributed by atoms with Crippen LogP contribution < -0.4 is 10.6 Å². The summed E-state index contributed by atoms with van der Waals surface area (Å²) in [6.07, 6.45) is 3.77. The minimum Gasteiger partial charge on any atom is -0.396 e. The van der Waals surface area contributed by atoms with Crippen molar-refractivity contribution in [3.05, 3.63) is 22.2 Å². The lowest BCUT2D eigenvalue weighted by atomic mass is 10.1. The van der Waals surface area contributed by atoms with Crippen LogP contribution in [0, 0.1) is 10.1 Å². The SMILES string of the molecule is Nc1nc(N2CCCC2CCCO)ccc1[N+](=O)[O-]. The maximum Gasteiger partial charge on any atom is 0.311 e. The van der Waals surface area contributed by atoms with Gasteiger partial charge in [0.2, 0.25) is 5.82 Å². The van der Waals surface area contributed by atoms with Gasteiger partial charge in [-0.2, -0.15) is 0 Å². The predicted molar refractivity (Wildman–Crippen MR) is 72.0 cm³/mol. The molecule has 2 rings (SSSR count). The molecule has 7 heteroatoms. The number of aromatic nitrogens is 1. The summed E-state index contributed by atoms with van der Waals surface area (Å²) >= 11 is 0. The predicted octanol–water partition coefficient (Wildman–Crippen LogP) is 1.31. The van der Waals surface area contributed by atoms with E-state index in [1.807, 2.05) is 0 Å². The van der Waals surface area contributed by atoms with Crippen molar-refractivity contribution in [2.75, 3.05) is 23.8 Å². The highest BCUT2D eigenvalue weighted by molar-refractivity contribution is 5.58. The molecule has 3 N–H and O–H groups in total. The molecule has 0 amide bonds. The number of anilines is 2. The van der Waals surface area contributed by atoms with E-state index in [4.69, 9.17) is 10.8 Å². The second-order valence-corrected chi connectivity index (χ2v) is 4.69. The summed E-state index contributed by atoms with van der Waals surface area (Å²) in [6, 6.07) is 3.38. The average molecular weight is 266 g/mol. The fourth-order valence-electron chi connectivity index (χ4n) is 2.54. The van der Waals surface area contributed by atoms with Crippen molar-refractivity contribution in [3.8, 4) is 0 Å². The minimum absolute atomic E-state index is 0.0460. The summed E-state index contributed by atoms with van der Waals surface area (Å²) in [5, 5.41) is 19.6. The third kappa shape index (κ3) is 2.93. The first kappa shape index (κ1) is 13.5. The van der Waals surface area contributed by atoms with E-state index in [2.05, 4.69) is 9.88 Å². The van der Waals surface area contributed by atoms with Crippen LogP contribution in [0.1, 0.15) is 25.7 Å². The average Bonchev–Trinajstić information content (AvgIpc) is 2.83. The first-order valence-electron chi connectivity index (χ1n) is 6.42. The molecule has 0 radical (unpaired) electrons. The molecule has 7 nitrogen and oxygen atoms in total. The van der Waals surface area contributed by atoms with Crippen molar-refractivity contribution in [2.24, 2.45) is 0 Å². The second kappa shape index (κ2) is 5.83. The Bertz CT molecular complexity index is 466. The lowest BCUT2D eigenvalue weighted by Crippen LogP contribution is -2.30. The van der Waals surface area contributed by atoms with Crippen LogP contribution in [0.3, 0.4) is 0 Å². The standard InChI is InChI=1S/C12H18N4O3/c13-12-10(16(18)19)5-6-11(14-12)15-7-1-3-9(15)4-2-8-17/h5-6,9,17H,1-4,7-8H2,(H2,13,14). The molecular formula is C12H18N4O3. The van der Waals surface area contributed by atoms with Crippen LogP contribution >= 0.6 is 0 Å². The first-order chi connectivity index (χ1) is 9.13. The van der Waals surface area contributed by atoms with Crippen LogP contribution in [-0.4, -0.2) is 34.2 Å². The van der Waals surface area contributed by atoms with E-state index in [1.165, 1.54) is 6.07 Å². The van der Waals surface area contributed by atoms with Crippen molar-refractivity contribution in [3.63, 3.8) is 0 Å². The normalized spacial score (nSPS) is 18.8. The summed E-state index contributed by atoms with van der Waals surface area (Å²) in [6.45, 7) is 1.06. The van der Waals surface area contributed by atoms with E-state index in [1.54, 1.807) is 6.07 Å². The Balaban J connectivity index is 2.16. The third-order valence-electron chi connectivity index (χ3n) is 3.45. The summed E-state index contributed by atoms with van der Waals surface area (Å²) in [4.78, 5) is 16.4. The molecule has 1 aromatic heterocycles. The zero-order chi connectivity index (χ0) is 13.8. The molecule has 0 aliphatic carbocycles. The minimum atomic E-state index is -0.528. The van der Waals surface area contributed by atoms with Gasteiger partial charge in [-0.3, -0.25) is 10.1 Å². The van der Waals surface area contributed by atoms with E-state index >= 15 is 0 Å². The van der Waals surface area contributed by atoms with Crippen molar-refractivity contribution < 1.29 is 10.0 Å². The molecule has 1 fully saturated rings. The van der Waals surface area contributed by atoms with Gasteiger partial charge in [0.15, 0.2) is 0 Å². The van der Waals surface area contributed by atoms with Gasteiger partial charge in [0.25, 0.3) is 0 Å². The van der Waals surface area contributed by atoms with Crippen molar-refractivity contribution in [1.82, 2.24) is 4.98 Å². The number of aliphatic hydroxyl groups excluding tert-OH is 1. The summed E-state index contributed by atoms with van der Waals surface area (Å²) in [7, 11) is 0. The molecule has 1 unspecified atom stereocenters. The fraction of sp³-hybridized carbons (Fsp3) is 0.583. The van der Waals surface area contributed by atoms with Gasteiger partial charge in [0.1, 0.15) is 5.82 Å². The number of nitrogens with zero attached hydrogens (tertiary/aromatic N) is 3. The molecule has 1 aromatic rings. The van der Waals surface area contributed by atoms with E-state index < -0.39 is 4.92 Å². The van der Waals surface area contributed by atoms with E-state index in [-0.39, 0.29) is 18.1 Å². The Morgan fingerprint density at radius 1 is 1.58 bits per heavy atom. The Labute approximate surface area is 111 Å². The molecule has 0 bridgehead atoms. The van der Waals surface area contributed by atoms with Gasteiger partial charge in [-0.15, -0.1) is 0 Å². The monoisotopic (exact) mass is 266 g/mol. The van der Waals surface area contributed by atoms with Crippen molar-refractivity contribution in [1.29, 1.82) is 0 Å². The molecule has 1 aliphatic heterocycles. The molecule has 2 heterocycles. The summed E-state index contributed by atoms with van der Waals surface area (Å²) in [5.74, 6) is 0.638. The highest BCUT2D eigenvalue weighted by Crippen LogP contribution is 2.29. The highest BCUT2D eigenvalue weighted by Gasteiger charge is 2.26. The molecule has 1 atom stereocenters. The van der Waals surface area contributed by atoms with Gasteiger partial charge in [-0.05, 0) is 31.7 Å². The van der Waals surface area contributed by atoms with Crippen LogP contribution in [0.5, 0.6) is 0 Å². The largest absolute Gasteiger partial charge is 0.396 e. The smallest absolute Gasteiger partial charge is 0.311 e. The molecule has 0 aromatic carbocycles. The van der Waals surface area contributed by atoms with Crippen LogP contribution in [0.2, 0.25) is 0 Å². The fourth-order valence-corrected chi connectivity index (χ4v) is 2.54. The van der Waals surface area contributed by atoms with Crippen LogP contribution in [0.25, 0.3) is 0 Å². The number of hydrogen-bond acceptors (Lipinski definition) is 6. The number of hydrogen-bond donors (Lipinski definition) is 2. The van der Waals surface area contributed by atoms with Crippen molar-refractivity contribution >= 4 is 17.3 Å². The number of nitrogens with two attached hydrogens (primary N) is 1. The zero-order valence-electron chi connectivity index (χ0n) is 10.7. The van der Waals surface area contributed by atoms with Crippen LogP contribution in [0.4, 0.5) is 17.3 Å². The van der Waals surface area contributed by atoms with Gasteiger partial charge in [-0.25, -0.2) is 4.98 Å². The maximum absolute atomic E-state index is 10.7. The Kier molecular flexibility index (Phi) is 4.16. The Hall–Kier alpha value is -1.89. The lowest BCUT2D eigenvalue weighted by molar-refractivity contribution is -0.384. The topological polar surface area (TPSA) is 106 Å². The van der Waals surface area contributed by atoms with Gasteiger partial charge < -0.3 is 15.7 Å². The quantitative estimate of drug-likeness (QED) is 0.615. The zero-order valence-corrected chi connectivity index (χ0v) is 10.7. The van der Waals surface area contributed by atoms with Gasteiger partial charge in [0.05, 0.1) is 4.92 Å². The molecular weight excluding hydrogens is 248 g/mol. The summed E-state index contributed by atoms with van der Waals surface area (Å²) in [5.41, 5.74) is 5.46. The van der Waals surface area contributed by atoms with Gasteiger partial charge >= 0.3 is 5.69 Å². The van der Waals surface area contributed by atoms with Gasteiger partial charge in [-0.1, -0.05) is 0 Å². The lowest BCUT2D eigenvalue weighted by Gasteiger charge is -2.25. The second-order valence-electron chi connectivity index (χ2n) is 4.69. The Morgan fingerprint density at radius 3 is 3.00 bits per heavy atom. The van der Waals surface area contributed by atoms with E-state index in [0.717, 1.165) is 32.2 Å².